The zero-order chi connectivity index (χ0) is 25.9. The lowest BCUT2D eigenvalue weighted by atomic mass is 9.74. The van der Waals surface area contributed by atoms with Gasteiger partial charge in [0.05, 0.1) is 11.6 Å². The van der Waals surface area contributed by atoms with Gasteiger partial charge in [0.1, 0.15) is 0 Å². The highest BCUT2D eigenvalue weighted by Crippen LogP contribution is 2.42. The minimum atomic E-state index is -0.998. The highest BCUT2D eigenvalue weighted by atomic mass is 16.4. The maximum absolute atomic E-state index is 14.1. The Kier molecular flexibility index (Phi) is 7.77. The van der Waals surface area contributed by atoms with E-state index >= 15 is 0 Å². The fourth-order valence-corrected chi connectivity index (χ4v) is 7.27. The van der Waals surface area contributed by atoms with E-state index in [9.17, 15) is 14.4 Å². The maximum atomic E-state index is 14.1. The van der Waals surface area contributed by atoms with Crippen LogP contribution in [-0.4, -0.2) is 51.4 Å². The molecular formula is C30H39N3O4. The third-order valence-corrected chi connectivity index (χ3v) is 9.32. The average Bonchev–Trinajstić information content (AvgIpc) is 3.37. The van der Waals surface area contributed by atoms with Crippen LogP contribution >= 0.6 is 0 Å². The lowest BCUT2D eigenvalue weighted by molar-refractivity contribution is -0.137. The molecule has 198 valence electrons. The maximum Gasteiger partial charge on any atom is 0.404 e. The molecule has 0 radical (unpaired) electrons. The first-order valence-corrected chi connectivity index (χ1v) is 14.1. The molecule has 1 saturated heterocycles. The van der Waals surface area contributed by atoms with Crippen molar-refractivity contribution >= 4 is 28.7 Å². The Morgan fingerprint density at radius 1 is 1.00 bits per heavy atom. The average molecular weight is 506 g/mol. The Morgan fingerprint density at radius 2 is 1.76 bits per heavy atom. The Labute approximate surface area is 219 Å². The standard InChI is InChI=1S/C30H39N3O4/c1-19(32-30(36)37)20-9-11-22(12-10-20)29(35)33-17-15-25(21-6-3-2-4-7-21)27(33)28(34)24-13-14-26-23(18-24)8-5-16-31-26/h5,8,13-14,16,18-22,25,27,32H,2-4,6-7,9-12,15,17H2,1H3,(H,36,37)/t19?,20?,22?,25-,27-/m0/s1. The molecule has 2 heterocycles. The molecule has 2 amide bonds. The van der Waals surface area contributed by atoms with E-state index < -0.39 is 12.1 Å². The molecule has 0 bridgehead atoms. The summed E-state index contributed by atoms with van der Waals surface area (Å²) in [6.07, 6.45) is 10.8. The van der Waals surface area contributed by atoms with E-state index in [1.54, 1.807) is 6.20 Å². The Morgan fingerprint density at radius 3 is 2.49 bits per heavy atom. The third-order valence-electron chi connectivity index (χ3n) is 9.32. The number of benzene rings is 1. The first-order valence-electron chi connectivity index (χ1n) is 14.1. The van der Waals surface area contributed by atoms with E-state index in [-0.39, 0.29) is 35.5 Å². The smallest absolute Gasteiger partial charge is 0.404 e. The predicted octanol–water partition coefficient (Wildman–Crippen LogP) is 5.68. The van der Waals surface area contributed by atoms with Crippen LogP contribution in [-0.2, 0) is 4.79 Å². The van der Waals surface area contributed by atoms with Crippen LogP contribution < -0.4 is 5.32 Å². The summed E-state index contributed by atoms with van der Waals surface area (Å²) in [5.41, 5.74) is 1.54. The molecule has 1 aliphatic heterocycles. The second kappa shape index (κ2) is 11.2. The van der Waals surface area contributed by atoms with Crippen LogP contribution in [0.1, 0.15) is 81.5 Å². The summed E-state index contributed by atoms with van der Waals surface area (Å²) in [5, 5.41) is 12.6. The first kappa shape index (κ1) is 25.7. The Balaban J connectivity index is 1.35. The van der Waals surface area contributed by atoms with Gasteiger partial charge in [0.25, 0.3) is 0 Å². The highest BCUT2D eigenvalue weighted by Gasteiger charge is 2.47. The largest absolute Gasteiger partial charge is 0.465 e. The third kappa shape index (κ3) is 5.51. The fourth-order valence-electron chi connectivity index (χ4n) is 7.27. The Bertz CT molecular complexity index is 1140. The predicted molar refractivity (Wildman–Crippen MR) is 142 cm³/mol. The van der Waals surface area contributed by atoms with Crippen molar-refractivity contribution < 1.29 is 19.5 Å². The van der Waals surface area contributed by atoms with Crippen molar-refractivity contribution in [2.24, 2.45) is 23.7 Å². The molecule has 1 unspecified atom stereocenters. The zero-order valence-corrected chi connectivity index (χ0v) is 21.8. The van der Waals surface area contributed by atoms with Gasteiger partial charge < -0.3 is 15.3 Å². The number of carboxylic acid groups (broad SMARTS) is 1. The molecule has 0 spiro atoms. The molecule has 2 aliphatic carbocycles. The van der Waals surface area contributed by atoms with Gasteiger partial charge >= 0.3 is 6.09 Å². The molecule has 7 heteroatoms. The number of hydrogen-bond acceptors (Lipinski definition) is 4. The summed E-state index contributed by atoms with van der Waals surface area (Å²) in [6.45, 7) is 2.56. The van der Waals surface area contributed by atoms with Crippen LogP contribution in [0, 0.1) is 23.7 Å². The van der Waals surface area contributed by atoms with Crippen molar-refractivity contribution in [1.29, 1.82) is 0 Å². The number of nitrogens with zero attached hydrogens (tertiary/aromatic N) is 2. The molecule has 1 aromatic heterocycles. The van der Waals surface area contributed by atoms with Gasteiger partial charge in [-0.1, -0.05) is 38.2 Å². The van der Waals surface area contributed by atoms with Gasteiger partial charge in [-0.3, -0.25) is 14.6 Å². The molecule has 2 N–H and O–H groups in total. The van der Waals surface area contributed by atoms with Crippen molar-refractivity contribution in [3.05, 3.63) is 42.1 Å². The molecule has 3 fully saturated rings. The highest BCUT2D eigenvalue weighted by molar-refractivity contribution is 6.04. The fraction of sp³-hybridized carbons (Fsp3) is 0.600. The number of carbonyl (C=O) groups is 3. The summed E-state index contributed by atoms with van der Waals surface area (Å²) < 4.78 is 0. The summed E-state index contributed by atoms with van der Waals surface area (Å²) in [5.74, 6) is 1.07. The quantitative estimate of drug-likeness (QED) is 0.492. The number of amides is 2. The number of ketones is 1. The number of hydrogen-bond donors (Lipinski definition) is 2. The Hall–Kier alpha value is -2.96. The molecule has 1 aromatic carbocycles. The normalized spacial score (nSPS) is 27.6. The molecule has 3 aliphatic rings. The number of carbonyl (C=O) groups excluding carboxylic acids is 2. The lowest BCUT2D eigenvalue weighted by Gasteiger charge is -2.37. The molecule has 37 heavy (non-hydrogen) atoms. The van der Waals surface area contributed by atoms with Crippen LogP contribution in [0.5, 0.6) is 0 Å². The van der Waals surface area contributed by atoms with Gasteiger partial charge in [-0.15, -0.1) is 0 Å². The van der Waals surface area contributed by atoms with Crippen LogP contribution in [0.4, 0.5) is 4.79 Å². The van der Waals surface area contributed by atoms with Gasteiger partial charge in [0.15, 0.2) is 5.78 Å². The number of aromatic nitrogens is 1. The summed E-state index contributed by atoms with van der Waals surface area (Å²) in [6, 6.07) is 9.07. The van der Waals surface area contributed by atoms with E-state index in [4.69, 9.17) is 5.11 Å². The second-order valence-corrected chi connectivity index (χ2v) is 11.5. The number of pyridine rings is 1. The minimum Gasteiger partial charge on any atom is -0.465 e. The monoisotopic (exact) mass is 505 g/mol. The van der Waals surface area contributed by atoms with Crippen LogP contribution in [0.2, 0.25) is 0 Å². The topological polar surface area (TPSA) is 99.6 Å². The van der Waals surface area contributed by atoms with Crippen molar-refractivity contribution in [1.82, 2.24) is 15.2 Å². The van der Waals surface area contributed by atoms with Crippen molar-refractivity contribution in [3.63, 3.8) is 0 Å². The molecule has 2 aromatic rings. The molecule has 7 nitrogen and oxygen atoms in total. The zero-order valence-electron chi connectivity index (χ0n) is 21.8. The van der Waals surface area contributed by atoms with Crippen LogP contribution in [0.25, 0.3) is 10.9 Å². The summed E-state index contributed by atoms with van der Waals surface area (Å²) in [4.78, 5) is 45.4. The molecule has 5 rings (SSSR count). The molecule has 2 saturated carbocycles. The van der Waals surface area contributed by atoms with Gasteiger partial charge in [0, 0.05) is 35.7 Å². The van der Waals surface area contributed by atoms with Gasteiger partial charge in [-0.25, -0.2) is 4.79 Å². The number of Topliss-reactive ketones (excluding diaryl/α,β-unsaturated/α-hetero) is 1. The van der Waals surface area contributed by atoms with Crippen molar-refractivity contribution in [2.75, 3.05) is 6.54 Å². The summed E-state index contributed by atoms with van der Waals surface area (Å²) >= 11 is 0. The van der Waals surface area contributed by atoms with E-state index in [0.29, 0.717) is 18.0 Å². The van der Waals surface area contributed by atoms with Crippen molar-refractivity contribution in [2.45, 2.75) is 83.2 Å². The van der Waals surface area contributed by atoms with E-state index in [0.717, 1.165) is 55.8 Å². The number of likely N-dealkylation sites (tertiary alicyclic amines) is 1. The first-order chi connectivity index (χ1) is 17.9. The molecule has 3 atom stereocenters. The van der Waals surface area contributed by atoms with Gasteiger partial charge in [0.2, 0.25) is 5.91 Å². The second-order valence-electron chi connectivity index (χ2n) is 11.5. The van der Waals surface area contributed by atoms with Gasteiger partial charge in [-0.05, 0) is 81.0 Å². The number of fused-ring (bicyclic) bond motifs is 1. The van der Waals surface area contributed by atoms with E-state index in [1.807, 2.05) is 42.2 Å². The summed E-state index contributed by atoms with van der Waals surface area (Å²) in [7, 11) is 0. The van der Waals surface area contributed by atoms with Gasteiger partial charge in [-0.2, -0.15) is 0 Å². The molecular weight excluding hydrogens is 466 g/mol. The number of nitrogens with one attached hydrogen (secondary N) is 1. The lowest BCUT2D eigenvalue weighted by Crippen LogP contribution is -2.48. The SMILES string of the molecule is CC(NC(=O)O)C1CCC(C(=O)N2CC[C@@H](C3CCCCC3)[C@H]2C(=O)c2ccc3ncccc3c2)CC1. The van der Waals surface area contributed by atoms with E-state index in [2.05, 4.69) is 10.3 Å². The van der Waals surface area contributed by atoms with Crippen LogP contribution in [0.15, 0.2) is 36.5 Å². The minimum absolute atomic E-state index is 0.0696. The number of rotatable bonds is 6. The van der Waals surface area contributed by atoms with E-state index in [1.165, 1.54) is 19.3 Å². The van der Waals surface area contributed by atoms with Crippen LogP contribution in [0.3, 0.4) is 0 Å². The van der Waals surface area contributed by atoms with Crippen molar-refractivity contribution in [3.8, 4) is 0 Å².